The van der Waals surface area contributed by atoms with Gasteiger partial charge in [-0.05, 0) is 37.5 Å². The van der Waals surface area contributed by atoms with Gasteiger partial charge >= 0.3 is 0 Å². The molecule has 2 aromatic heterocycles. The van der Waals surface area contributed by atoms with Gasteiger partial charge in [-0.25, -0.2) is 12.7 Å². The van der Waals surface area contributed by atoms with Crippen LogP contribution in [0.1, 0.15) is 35.7 Å². The summed E-state index contributed by atoms with van der Waals surface area (Å²) in [7, 11) is -3.23. The third-order valence-electron chi connectivity index (χ3n) is 5.26. The zero-order valence-electron chi connectivity index (χ0n) is 16.4. The zero-order chi connectivity index (χ0) is 20.6. The minimum Gasteiger partial charge on any atom is -0.269 e. The van der Waals surface area contributed by atoms with Crippen LogP contribution in [0.25, 0.3) is 5.69 Å². The Morgan fingerprint density at radius 2 is 2.03 bits per heavy atom. The summed E-state index contributed by atoms with van der Waals surface area (Å²) >= 11 is 5.46. The van der Waals surface area contributed by atoms with Crippen molar-refractivity contribution in [3.05, 3.63) is 58.4 Å². The van der Waals surface area contributed by atoms with Crippen molar-refractivity contribution >= 4 is 22.2 Å². The lowest BCUT2D eigenvalue weighted by Crippen LogP contribution is -2.39. The van der Waals surface area contributed by atoms with Crippen molar-refractivity contribution in [3.63, 3.8) is 0 Å². The highest BCUT2D eigenvalue weighted by Gasteiger charge is 2.30. The van der Waals surface area contributed by atoms with Gasteiger partial charge in [-0.3, -0.25) is 14.3 Å². The van der Waals surface area contributed by atoms with Gasteiger partial charge in [0.05, 0.1) is 24.7 Å². The van der Waals surface area contributed by atoms with Gasteiger partial charge in [0.1, 0.15) is 5.82 Å². The van der Waals surface area contributed by atoms with E-state index in [0.717, 1.165) is 29.9 Å². The SMILES string of the molecule is Cc1ccc(Cn2cc(-n3c([C@@H]4CCCN(S(C)(=O)=O)C4)n[nH]c3=S)cn2)cc1. The number of aryl methyl sites for hydroxylation is 1. The normalized spacial score (nSPS) is 18.2. The van der Waals surface area contributed by atoms with Crippen LogP contribution < -0.4 is 0 Å². The number of hydrogen-bond acceptors (Lipinski definition) is 5. The molecule has 3 aromatic rings. The van der Waals surface area contributed by atoms with E-state index in [1.54, 1.807) is 6.20 Å². The molecule has 10 heteroatoms. The second-order valence-corrected chi connectivity index (χ2v) is 9.93. The number of benzene rings is 1. The van der Waals surface area contributed by atoms with Crippen LogP contribution in [-0.4, -0.2) is 56.6 Å². The van der Waals surface area contributed by atoms with Crippen molar-refractivity contribution in [3.8, 4) is 5.69 Å². The molecule has 3 heterocycles. The van der Waals surface area contributed by atoms with Gasteiger partial charge in [-0.15, -0.1) is 0 Å². The van der Waals surface area contributed by atoms with Gasteiger partial charge in [-0.2, -0.15) is 10.2 Å². The summed E-state index contributed by atoms with van der Waals surface area (Å²) in [4.78, 5) is 0. The summed E-state index contributed by atoms with van der Waals surface area (Å²) in [5.74, 6) is 0.727. The number of aromatic nitrogens is 5. The first-order valence-electron chi connectivity index (χ1n) is 9.52. The molecule has 1 atom stereocenters. The predicted molar refractivity (Wildman–Crippen MR) is 113 cm³/mol. The fourth-order valence-electron chi connectivity index (χ4n) is 3.72. The largest absolute Gasteiger partial charge is 0.269 e. The van der Waals surface area contributed by atoms with Gasteiger partial charge in [0.15, 0.2) is 4.77 Å². The van der Waals surface area contributed by atoms with Crippen LogP contribution in [0.3, 0.4) is 0 Å². The van der Waals surface area contributed by atoms with Crippen LogP contribution in [0.5, 0.6) is 0 Å². The topological polar surface area (TPSA) is 88.8 Å². The van der Waals surface area contributed by atoms with Crippen LogP contribution in [0.4, 0.5) is 0 Å². The number of nitrogens with zero attached hydrogens (tertiary/aromatic N) is 5. The minimum absolute atomic E-state index is 0.0214. The Bertz CT molecular complexity index is 1160. The number of H-pyrrole nitrogens is 1. The summed E-state index contributed by atoms with van der Waals surface area (Å²) in [5, 5.41) is 11.8. The molecule has 29 heavy (non-hydrogen) atoms. The molecule has 1 N–H and O–H groups in total. The van der Waals surface area contributed by atoms with Crippen LogP contribution in [0, 0.1) is 11.7 Å². The van der Waals surface area contributed by atoms with E-state index in [9.17, 15) is 8.42 Å². The fourth-order valence-corrected chi connectivity index (χ4v) is 4.88. The molecule has 1 aromatic carbocycles. The maximum atomic E-state index is 12.0. The summed E-state index contributed by atoms with van der Waals surface area (Å²) in [6.07, 6.45) is 6.61. The standard InChI is InChI=1S/C19H24N6O2S2/c1-14-5-7-15(8-6-14)11-23-13-17(10-20-23)25-18(21-22-19(25)28)16-4-3-9-24(12-16)29(2,26)27/h5-8,10,13,16H,3-4,9,11-12H2,1-2H3,(H,22,28)/t16-/m1/s1. The number of rotatable bonds is 5. The first-order valence-corrected chi connectivity index (χ1v) is 11.8. The van der Waals surface area contributed by atoms with Crippen molar-refractivity contribution in [1.29, 1.82) is 0 Å². The molecule has 4 rings (SSSR count). The Kier molecular flexibility index (Phi) is 5.41. The first kappa shape index (κ1) is 20.0. The average molecular weight is 433 g/mol. The average Bonchev–Trinajstić information content (AvgIpc) is 3.29. The molecule has 0 saturated carbocycles. The van der Waals surface area contributed by atoms with E-state index >= 15 is 0 Å². The molecule has 0 radical (unpaired) electrons. The van der Waals surface area contributed by atoms with Crippen LogP contribution >= 0.6 is 12.2 Å². The highest BCUT2D eigenvalue weighted by molar-refractivity contribution is 7.88. The van der Waals surface area contributed by atoms with E-state index < -0.39 is 10.0 Å². The summed E-state index contributed by atoms with van der Waals surface area (Å²) < 4.78 is 29.7. The highest BCUT2D eigenvalue weighted by Crippen LogP contribution is 2.28. The second-order valence-electron chi connectivity index (χ2n) is 7.56. The smallest absolute Gasteiger partial charge is 0.211 e. The predicted octanol–water partition coefficient (Wildman–Crippen LogP) is 2.62. The molecule has 8 nitrogen and oxygen atoms in total. The fraction of sp³-hybridized carbons (Fsp3) is 0.421. The Balaban J connectivity index is 1.60. The Labute approximate surface area is 175 Å². The van der Waals surface area contributed by atoms with Gasteiger partial charge in [-0.1, -0.05) is 29.8 Å². The second kappa shape index (κ2) is 7.85. The van der Waals surface area contributed by atoms with E-state index in [4.69, 9.17) is 12.2 Å². The van der Waals surface area contributed by atoms with Crippen LogP contribution in [0.2, 0.25) is 0 Å². The van der Waals surface area contributed by atoms with E-state index in [2.05, 4.69) is 46.5 Å². The lowest BCUT2D eigenvalue weighted by atomic mass is 9.99. The monoisotopic (exact) mass is 432 g/mol. The van der Waals surface area contributed by atoms with Gasteiger partial charge in [0.2, 0.25) is 10.0 Å². The zero-order valence-corrected chi connectivity index (χ0v) is 18.1. The molecule has 0 unspecified atom stereocenters. The molecule has 0 aliphatic carbocycles. The van der Waals surface area contributed by atoms with Crippen LogP contribution in [-0.2, 0) is 16.6 Å². The molecule has 0 bridgehead atoms. The summed E-state index contributed by atoms with van der Waals surface area (Å²) in [6, 6.07) is 8.35. The number of nitrogens with one attached hydrogen (secondary N) is 1. The third-order valence-corrected chi connectivity index (χ3v) is 6.80. The number of sulfonamides is 1. The Hall–Kier alpha value is -2.30. The van der Waals surface area contributed by atoms with Crippen molar-refractivity contribution < 1.29 is 8.42 Å². The van der Waals surface area contributed by atoms with E-state index in [1.165, 1.54) is 16.1 Å². The van der Waals surface area contributed by atoms with Gasteiger partial charge in [0.25, 0.3) is 0 Å². The maximum absolute atomic E-state index is 12.0. The quantitative estimate of drug-likeness (QED) is 0.626. The summed E-state index contributed by atoms with van der Waals surface area (Å²) in [5.41, 5.74) is 3.21. The molecule has 154 valence electrons. The van der Waals surface area contributed by atoms with E-state index in [1.807, 2.05) is 15.4 Å². The van der Waals surface area contributed by atoms with Crippen molar-refractivity contribution in [1.82, 2.24) is 28.9 Å². The maximum Gasteiger partial charge on any atom is 0.211 e. The van der Waals surface area contributed by atoms with Gasteiger partial charge < -0.3 is 0 Å². The summed E-state index contributed by atoms with van der Waals surface area (Å²) in [6.45, 7) is 3.69. The van der Waals surface area contributed by atoms with E-state index in [-0.39, 0.29) is 5.92 Å². The lowest BCUT2D eigenvalue weighted by molar-refractivity contribution is 0.309. The molecule has 1 fully saturated rings. The molecular weight excluding hydrogens is 408 g/mol. The molecule has 0 amide bonds. The first-order chi connectivity index (χ1) is 13.8. The molecule has 1 saturated heterocycles. The number of aromatic amines is 1. The lowest BCUT2D eigenvalue weighted by Gasteiger charge is -2.30. The Morgan fingerprint density at radius 1 is 1.28 bits per heavy atom. The number of hydrogen-bond donors (Lipinski definition) is 1. The van der Waals surface area contributed by atoms with Crippen molar-refractivity contribution in [2.45, 2.75) is 32.2 Å². The molecular formula is C19H24N6O2S2. The van der Waals surface area contributed by atoms with Crippen molar-refractivity contribution in [2.75, 3.05) is 19.3 Å². The third kappa shape index (κ3) is 4.34. The highest BCUT2D eigenvalue weighted by atomic mass is 32.2. The van der Waals surface area contributed by atoms with Gasteiger partial charge in [0, 0.05) is 25.2 Å². The number of piperidine rings is 1. The molecule has 1 aliphatic rings. The van der Waals surface area contributed by atoms with Crippen molar-refractivity contribution in [2.24, 2.45) is 0 Å². The Morgan fingerprint density at radius 3 is 2.76 bits per heavy atom. The minimum atomic E-state index is -3.23. The molecule has 1 aliphatic heterocycles. The molecule has 0 spiro atoms. The van der Waals surface area contributed by atoms with E-state index in [0.29, 0.717) is 24.4 Å². The van der Waals surface area contributed by atoms with Crippen LogP contribution in [0.15, 0.2) is 36.7 Å².